The number of imide groups is 1. The first-order chi connectivity index (χ1) is 15.0. The fourth-order valence-corrected chi connectivity index (χ4v) is 3.80. The Hall–Kier alpha value is -3.61. The predicted octanol–water partition coefficient (Wildman–Crippen LogP) is 2.62. The fourth-order valence-electron chi connectivity index (χ4n) is 3.80. The van der Waals surface area contributed by atoms with Gasteiger partial charge in [-0.25, -0.2) is 0 Å². The van der Waals surface area contributed by atoms with Crippen LogP contribution in [0, 0.1) is 5.92 Å². The van der Waals surface area contributed by atoms with E-state index in [0.717, 1.165) is 10.5 Å². The van der Waals surface area contributed by atoms with Crippen LogP contribution < -0.4 is 0 Å². The van der Waals surface area contributed by atoms with Gasteiger partial charge >= 0.3 is 5.97 Å². The Morgan fingerprint density at radius 3 is 2.10 bits per heavy atom. The van der Waals surface area contributed by atoms with Crippen molar-refractivity contribution in [1.29, 1.82) is 0 Å². The third kappa shape index (κ3) is 4.60. The van der Waals surface area contributed by atoms with Crippen molar-refractivity contribution in [3.05, 3.63) is 71.3 Å². The lowest BCUT2D eigenvalue weighted by Gasteiger charge is -2.28. The van der Waals surface area contributed by atoms with Gasteiger partial charge in [-0.3, -0.25) is 24.1 Å². The lowest BCUT2D eigenvalue weighted by atomic mass is 9.89. The molecule has 0 saturated heterocycles. The predicted molar refractivity (Wildman–Crippen MR) is 111 cm³/mol. The van der Waals surface area contributed by atoms with Crippen molar-refractivity contribution in [2.24, 2.45) is 5.92 Å². The molecule has 0 saturated carbocycles. The summed E-state index contributed by atoms with van der Waals surface area (Å²) in [7, 11) is 1.18. The number of rotatable bonds is 10. The number of benzene rings is 2. The Kier molecular flexibility index (Phi) is 7.07. The summed E-state index contributed by atoms with van der Waals surface area (Å²) in [6.07, 6.45) is 1.39. The average molecular weight is 421 g/mol. The standard InChI is InChI=1S/C24H23NO6/c1-31-24(30)19(13-7-8-14-26)21(27)20(15-16-9-3-2-4-10-16)25-22(28)17-11-5-6-12-18(17)23(25)29/h2-6,9-12,14,19-20H,7-8,13,15H2,1H3. The number of hydrogen-bond acceptors (Lipinski definition) is 6. The first-order valence-corrected chi connectivity index (χ1v) is 10.1. The second kappa shape index (κ2) is 9.93. The summed E-state index contributed by atoms with van der Waals surface area (Å²) in [4.78, 5) is 63.7. The van der Waals surface area contributed by atoms with E-state index >= 15 is 0 Å². The van der Waals surface area contributed by atoms with Crippen molar-refractivity contribution < 1.29 is 28.7 Å². The monoisotopic (exact) mass is 421 g/mol. The highest BCUT2D eigenvalue weighted by molar-refractivity contribution is 6.23. The highest BCUT2D eigenvalue weighted by Gasteiger charge is 2.45. The van der Waals surface area contributed by atoms with Crippen LogP contribution >= 0.6 is 0 Å². The number of hydrogen-bond donors (Lipinski definition) is 0. The van der Waals surface area contributed by atoms with Gasteiger partial charge in [0, 0.05) is 12.8 Å². The Labute approximate surface area is 180 Å². The molecule has 3 rings (SSSR count). The smallest absolute Gasteiger partial charge is 0.316 e. The van der Waals surface area contributed by atoms with Crippen LogP contribution in [-0.4, -0.2) is 47.9 Å². The Morgan fingerprint density at radius 1 is 0.968 bits per heavy atom. The Balaban J connectivity index is 1.99. The second-order valence-electron chi connectivity index (χ2n) is 7.31. The summed E-state index contributed by atoms with van der Waals surface area (Å²) >= 11 is 0. The van der Waals surface area contributed by atoms with Gasteiger partial charge < -0.3 is 9.53 Å². The molecule has 0 bridgehead atoms. The minimum Gasteiger partial charge on any atom is -0.468 e. The van der Waals surface area contributed by atoms with E-state index in [-0.39, 0.29) is 30.4 Å². The third-order valence-corrected chi connectivity index (χ3v) is 5.38. The van der Waals surface area contributed by atoms with Crippen molar-refractivity contribution >= 4 is 29.9 Å². The molecule has 0 aromatic heterocycles. The largest absolute Gasteiger partial charge is 0.468 e. The van der Waals surface area contributed by atoms with Crippen LogP contribution in [0.2, 0.25) is 0 Å². The average Bonchev–Trinajstić information content (AvgIpc) is 3.05. The topological polar surface area (TPSA) is 97.8 Å². The van der Waals surface area contributed by atoms with Gasteiger partial charge in [0.15, 0.2) is 5.78 Å². The number of unbranched alkanes of at least 4 members (excludes halogenated alkanes) is 1. The van der Waals surface area contributed by atoms with E-state index < -0.39 is 35.5 Å². The van der Waals surface area contributed by atoms with Gasteiger partial charge in [-0.2, -0.15) is 0 Å². The van der Waals surface area contributed by atoms with Crippen molar-refractivity contribution in [1.82, 2.24) is 4.90 Å². The van der Waals surface area contributed by atoms with Crippen LogP contribution in [0.1, 0.15) is 45.5 Å². The molecule has 31 heavy (non-hydrogen) atoms. The van der Waals surface area contributed by atoms with Gasteiger partial charge in [0.05, 0.1) is 18.2 Å². The number of aldehydes is 1. The number of ether oxygens (including phenoxy) is 1. The summed E-state index contributed by atoms with van der Waals surface area (Å²) in [5.41, 5.74) is 1.21. The van der Waals surface area contributed by atoms with Gasteiger partial charge in [-0.15, -0.1) is 0 Å². The van der Waals surface area contributed by atoms with E-state index in [1.165, 1.54) is 7.11 Å². The zero-order valence-electron chi connectivity index (χ0n) is 17.2. The maximum absolute atomic E-state index is 13.5. The molecule has 7 nitrogen and oxygen atoms in total. The molecule has 7 heteroatoms. The molecule has 0 radical (unpaired) electrons. The van der Waals surface area contributed by atoms with Crippen LogP contribution in [0.3, 0.4) is 0 Å². The Bertz CT molecular complexity index is 965. The molecule has 2 aromatic carbocycles. The minimum absolute atomic E-state index is 0.0757. The van der Waals surface area contributed by atoms with E-state index in [1.54, 1.807) is 48.5 Å². The molecule has 0 spiro atoms. The number of fused-ring (bicyclic) bond motifs is 1. The van der Waals surface area contributed by atoms with Gasteiger partial charge in [0.2, 0.25) is 0 Å². The van der Waals surface area contributed by atoms with Crippen LogP contribution in [0.5, 0.6) is 0 Å². The molecule has 1 aliphatic heterocycles. The van der Waals surface area contributed by atoms with Crippen LogP contribution in [0.4, 0.5) is 0 Å². The molecule has 0 fully saturated rings. The number of amides is 2. The van der Waals surface area contributed by atoms with E-state index in [2.05, 4.69) is 0 Å². The molecule has 0 N–H and O–H groups in total. The number of nitrogens with zero attached hydrogens (tertiary/aromatic N) is 1. The van der Waals surface area contributed by atoms with Crippen LogP contribution in [-0.2, 0) is 25.5 Å². The van der Waals surface area contributed by atoms with Crippen LogP contribution in [0.15, 0.2) is 54.6 Å². The molecule has 1 aliphatic rings. The van der Waals surface area contributed by atoms with E-state index in [1.807, 2.05) is 6.07 Å². The van der Waals surface area contributed by atoms with Crippen LogP contribution in [0.25, 0.3) is 0 Å². The number of carbonyl (C=O) groups excluding carboxylic acids is 5. The van der Waals surface area contributed by atoms with Crippen molar-refractivity contribution in [3.63, 3.8) is 0 Å². The van der Waals surface area contributed by atoms with Gasteiger partial charge in [0.1, 0.15) is 18.2 Å². The molecule has 2 unspecified atom stereocenters. The lowest BCUT2D eigenvalue weighted by molar-refractivity contribution is -0.151. The number of Topliss-reactive ketones (excluding diaryl/α,β-unsaturated/α-hetero) is 1. The normalized spacial score (nSPS) is 14.7. The minimum atomic E-state index is -1.18. The summed E-state index contributed by atoms with van der Waals surface area (Å²) in [5.74, 6) is -3.62. The van der Waals surface area contributed by atoms with E-state index in [9.17, 15) is 24.0 Å². The number of ketones is 1. The van der Waals surface area contributed by atoms with Crippen molar-refractivity contribution in [3.8, 4) is 0 Å². The molecular formula is C24H23NO6. The van der Waals surface area contributed by atoms with E-state index in [4.69, 9.17) is 4.74 Å². The molecule has 0 aliphatic carbocycles. The van der Waals surface area contributed by atoms with Gasteiger partial charge in [0.25, 0.3) is 11.8 Å². The number of esters is 1. The zero-order valence-corrected chi connectivity index (χ0v) is 17.2. The lowest BCUT2D eigenvalue weighted by Crippen LogP contribution is -2.49. The molecule has 160 valence electrons. The summed E-state index contributed by atoms with van der Waals surface area (Å²) < 4.78 is 4.81. The maximum atomic E-state index is 13.5. The SMILES string of the molecule is COC(=O)C(CCCC=O)C(=O)C(Cc1ccccc1)N1C(=O)c2ccccc2C1=O. The molecule has 2 aromatic rings. The number of carbonyl (C=O) groups is 5. The summed E-state index contributed by atoms with van der Waals surface area (Å²) in [6, 6.07) is 14.2. The summed E-state index contributed by atoms with van der Waals surface area (Å²) in [6.45, 7) is 0. The summed E-state index contributed by atoms with van der Waals surface area (Å²) in [5, 5.41) is 0. The zero-order chi connectivity index (χ0) is 22.4. The van der Waals surface area contributed by atoms with Gasteiger partial charge in [-0.1, -0.05) is 42.5 Å². The van der Waals surface area contributed by atoms with Crippen molar-refractivity contribution in [2.45, 2.75) is 31.7 Å². The first-order valence-electron chi connectivity index (χ1n) is 10.1. The highest BCUT2D eigenvalue weighted by Crippen LogP contribution is 2.28. The third-order valence-electron chi connectivity index (χ3n) is 5.38. The first kappa shape index (κ1) is 22.1. The fraction of sp³-hybridized carbons (Fsp3) is 0.292. The highest BCUT2D eigenvalue weighted by atomic mass is 16.5. The van der Waals surface area contributed by atoms with Crippen molar-refractivity contribution in [2.75, 3.05) is 7.11 Å². The molecule has 1 heterocycles. The van der Waals surface area contributed by atoms with E-state index in [0.29, 0.717) is 12.7 Å². The van der Waals surface area contributed by atoms with Gasteiger partial charge in [-0.05, 0) is 30.5 Å². The maximum Gasteiger partial charge on any atom is 0.316 e. The molecule has 2 atom stereocenters. The second-order valence-corrected chi connectivity index (χ2v) is 7.31. The Morgan fingerprint density at radius 2 is 1.55 bits per heavy atom. The quantitative estimate of drug-likeness (QED) is 0.192. The molecular weight excluding hydrogens is 398 g/mol. The number of methoxy groups -OCH3 is 1. The molecule has 2 amide bonds.